The van der Waals surface area contributed by atoms with E-state index in [2.05, 4.69) is 20.2 Å². The van der Waals surface area contributed by atoms with Gasteiger partial charge >= 0.3 is 0 Å². The maximum absolute atomic E-state index is 14.4. The van der Waals surface area contributed by atoms with E-state index in [1.165, 1.54) is 23.6 Å². The first-order valence-corrected chi connectivity index (χ1v) is 11.4. The Labute approximate surface area is 209 Å². The molecule has 0 radical (unpaired) electrons. The number of amides is 2. The molecule has 4 rings (SSSR count). The third kappa shape index (κ3) is 5.46. The van der Waals surface area contributed by atoms with E-state index in [9.17, 15) is 18.4 Å². The number of aromatic nitrogens is 2. The van der Waals surface area contributed by atoms with Crippen molar-refractivity contribution in [2.45, 2.75) is 0 Å². The molecule has 0 spiro atoms. The van der Waals surface area contributed by atoms with Gasteiger partial charge in [0, 0.05) is 26.8 Å². The quantitative estimate of drug-likeness (QED) is 0.250. The standard InChI is InChI=1S/C22H14F2IN5O3S/c23-11-6-17(28-16-5-4-12(25)8-15(16)24)20(21(26)31)19(7-11)33-14-3-1-2-13(9-14)27-22(32)18-10-34-30-29-18/h1-10,28H,(H2,26,31)(H,27,32). The van der Waals surface area contributed by atoms with E-state index in [1.807, 2.05) is 22.6 Å². The van der Waals surface area contributed by atoms with E-state index >= 15 is 0 Å². The number of benzene rings is 3. The summed E-state index contributed by atoms with van der Waals surface area (Å²) in [7, 11) is 0. The lowest BCUT2D eigenvalue weighted by atomic mass is 10.1. The molecule has 0 fully saturated rings. The van der Waals surface area contributed by atoms with Crippen LogP contribution in [0.3, 0.4) is 0 Å². The Morgan fingerprint density at radius 2 is 1.88 bits per heavy atom. The van der Waals surface area contributed by atoms with Crippen molar-refractivity contribution < 1.29 is 23.1 Å². The first-order chi connectivity index (χ1) is 16.3. The van der Waals surface area contributed by atoms with Crippen molar-refractivity contribution in [3.63, 3.8) is 0 Å². The molecule has 2 amide bonds. The summed E-state index contributed by atoms with van der Waals surface area (Å²) in [5.74, 6) is -2.71. The molecule has 8 nitrogen and oxygen atoms in total. The fourth-order valence-corrected chi connectivity index (χ4v) is 3.86. The predicted molar refractivity (Wildman–Crippen MR) is 132 cm³/mol. The second-order valence-electron chi connectivity index (χ2n) is 6.81. The number of nitrogens with two attached hydrogens (primary N) is 1. The van der Waals surface area contributed by atoms with Gasteiger partial charge < -0.3 is 21.1 Å². The molecule has 0 bridgehead atoms. The minimum atomic E-state index is -0.913. The van der Waals surface area contributed by atoms with E-state index < -0.39 is 23.4 Å². The van der Waals surface area contributed by atoms with Crippen molar-refractivity contribution in [1.82, 2.24) is 9.59 Å². The summed E-state index contributed by atoms with van der Waals surface area (Å²) in [6.45, 7) is 0. The lowest BCUT2D eigenvalue weighted by molar-refractivity contribution is 0.0996. The van der Waals surface area contributed by atoms with Gasteiger partial charge in [0.2, 0.25) is 0 Å². The molecule has 1 aromatic heterocycles. The molecular formula is C22H14F2IN5O3S. The summed E-state index contributed by atoms with van der Waals surface area (Å²) in [5.41, 5.74) is 5.84. The number of carbonyl (C=O) groups excluding carboxylic acids is 2. The molecule has 0 saturated heterocycles. The highest BCUT2D eigenvalue weighted by Gasteiger charge is 2.20. The van der Waals surface area contributed by atoms with Gasteiger partial charge in [-0.2, -0.15) is 0 Å². The topological polar surface area (TPSA) is 119 Å². The Hall–Kier alpha value is -3.65. The molecule has 172 valence electrons. The van der Waals surface area contributed by atoms with E-state index in [4.69, 9.17) is 10.5 Å². The van der Waals surface area contributed by atoms with Gasteiger partial charge in [-0.3, -0.25) is 9.59 Å². The Balaban J connectivity index is 1.64. The van der Waals surface area contributed by atoms with E-state index in [-0.39, 0.29) is 34.1 Å². The summed E-state index contributed by atoms with van der Waals surface area (Å²) < 4.78 is 38.8. The van der Waals surface area contributed by atoms with Crippen molar-refractivity contribution in [3.8, 4) is 11.5 Å². The van der Waals surface area contributed by atoms with Crippen LogP contribution in [0, 0.1) is 15.2 Å². The molecule has 0 aliphatic carbocycles. The van der Waals surface area contributed by atoms with Crippen LogP contribution >= 0.6 is 34.1 Å². The SMILES string of the molecule is NC(=O)c1c(Nc2ccc(I)cc2F)cc(F)cc1Oc1cccc(NC(=O)c2csnn2)c1. The van der Waals surface area contributed by atoms with Crippen LogP contribution in [0.25, 0.3) is 0 Å². The summed E-state index contributed by atoms with van der Waals surface area (Å²) in [6.07, 6.45) is 0. The van der Waals surface area contributed by atoms with Crippen LogP contribution < -0.4 is 21.1 Å². The number of anilines is 3. The molecule has 4 N–H and O–H groups in total. The zero-order chi connectivity index (χ0) is 24.2. The van der Waals surface area contributed by atoms with Gasteiger partial charge in [0.05, 0.1) is 11.4 Å². The lowest BCUT2D eigenvalue weighted by Gasteiger charge is -2.16. The Morgan fingerprint density at radius 1 is 1.06 bits per heavy atom. The second-order valence-corrected chi connectivity index (χ2v) is 8.67. The maximum atomic E-state index is 14.4. The molecule has 34 heavy (non-hydrogen) atoms. The third-order valence-corrected chi connectivity index (χ3v) is 5.60. The maximum Gasteiger partial charge on any atom is 0.277 e. The number of nitrogens with zero attached hydrogens (tertiary/aromatic N) is 2. The monoisotopic (exact) mass is 593 g/mol. The minimum absolute atomic E-state index is 0.0284. The first-order valence-electron chi connectivity index (χ1n) is 9.52. The molecular weight excluding hydrogens is 579 g/mol. The Morgan fingerprint density at radius 3 is 2.59 bits per heavy atom. The number of primary amides is 1. The highest BCUT2D eigenvalue weighted by molar-refractivity contribution is 14.1. The summed E-state index contributed by atoms with van der Waals surface area (Å²) in [4.78, 5) is 24.4. The van der Waals surface area contributed by atoms with Crippen molar-refractivity contribution in [2.24, 2.45) is 5.73 Å². The van der Waals surface area contributed by atoms with E-state index in [0.29, 0.717) is 9.26 Å². The lowest BCUT2D eigenvalue weighted by Crippen LogP contribution is -2.15. The molecule has 4 aromatic rings. The van der Waals surface area contributed by atoms with E-state index in [0.717, 1.165) is 23.7 Å². The van der Waals surface area contributed by atoms with Crippen LogP contribution in [-0.2, 0) is 0 Å². The van der Waals surface area contributed by atoms with Crippen LogP contribution in [0.15, 0.2) is 60.0 Å². The minimum Gasteiger partial charge on any atom is -0.456 e. The van der Waals surface area contributed by atoms with Crippen molar-refractivity contribution >= 4 is 63.0 Å². The normalized spacial score (nSPS) is 10.6. The molecule has 0 aliphatic heterocycles. The largest absolute Gasteiger partial charge is 0.456 e. The molecule has 0 saturated carbocycles. The number of rotatable bonds is 7. The molecule has 3 aromatic carbocycles. The highest BCUT2D eigenvalue weighted by Crippen LogP contribution is 2.35. The molecule has 1 heterocycles. The fourth-order valence-electron chi connectivity index (χ4n) is 2.97. The molecule has 0 aliphatic rings. The Kier molecular flexibility index (Phi) is 6.98. The molecule has 12 heteroatoms. The van der Waals surface area contributed by atoms with Crippen molar-refractivity contribution in [1.29, 1.82) is 0 Å². The van der Waals surface area contributed by atoms with Crippen LogP contribution in [0.5, 0.6) is 11.5 Å². The molecule has 0 unspecified atom stereocenters. The van der Waals surface area contributed by atoms with Crippen LogP contribution in [0.4, 0.5) is 25.8 Å². The van der Waals surface area contributed by atoms with Gasteiger partial charge in [0.25, 0.3) is 11.8 Å². The van der Waals surface area contributed by atoms with Gasteiger partial charge in [-0.25, -0.2) is 8.78 Å². The number of nitrogens with one attached hydrogen (secondary N) is 2. The number of ether oxygens (including phenoxy) is 1. The van der Waals surface area contributed by atoms with Crippen molar-refractivity contribution in [3.05, 3.63) is 86.4 Å². The Bertz CT molecular complexity index is 1390. The number of hydrogen-bond donors (Lipinski definition) is 3. The number of carbonyl (C=O) groups is 2. The van der Waals surface area contributed by atoms with Crippen LogP contribution in [-0.4, -0.2) is 21.4 Å². The summed E-state index contributed by atoms with van der Waals surface area (Å²) in [5, 5.41) is 10.5. The number of halogens is 3. The third-order valence-electron chi connectivity index (χ3n) is 4.43. The van der Waals surface area contributed by atoms with Gasteiger partial charge in [-0.1, -0.05) is 10.6 Å². The van der Waals surface area contributed by atoms with E-state index in [1.54, 1.807) is 24.3 Å². The molecule has 0 atom stereocenters. The van der Waals surface area contributed by atoms with Gasteiger partial charge in [-0.15, -0.1) is 5.10 Å². The zero-order valence-corrected chi connectivity index (χ0v) is 20.0. The highest BCUT2D eigenvalue weighted by atomic mass is 127. The zero-order valence-electron chi connectivity index (χ0n) is 17.0. The average Bonchev–Trinajstić information content (AvgIpc) is 3.31. The predicted octanol–water partition coefficient (Wildman–Crippen LogP) is 5.31. The fraction of sp³-hybridized carbons (Fsp3) is 0. The number of hydrogen-bond acceptors (Lipinski definition) is 7. The summed E-state index contributed by atoms with van der Waals surface area (Å²) >= 11 is 2.99. The van der Waals surface area contributed by atoms with Gasteiger partial charge in [0.15, 0.2) is 5.69 Å². The van der Waals surface area contributed by atoms with Crippen molar-refractivity contribution in [2.75, 3.05) is 10.6 Å². The van der Waals surface area contributed by atoms with Crippen LogP contribution in [0.1, 0.15) is 20.8 Å². The smallest absolute Gasteiger partial charge is 0.277 e. The van der Waals surface area contributed by atoms with Gasteiger partial charge in [-0.05, 0) is 70.5 Å². The first kappa shape index (κ1) is 23.5. The van der Waals surface area contributed by atoms with Gasteiger partial charge in [0.1, 0.15) is 28.7 Å². The van der Waals surface area contributed by atoms with Crippen LogP contribution in [0.2, 0.25) is 0 Å². The average molecular weight is 593 g/mol. The summed E-state index contributed by atoms with van der Waals surface area (Å²) in [6, 6.07) is 12.6. The second kappa shape index (κ2) is 10.1.